The molecule has 1 aromatic rings. The van der Waals surface area contributed by atoms with E-state index in [1.807, 2.05) is 0 Å². The summed E-state index contributed by atoms with van der Waals surface area (Å²) in [6.45, 7) is 9.30. The van der Waals surface area contributed by atoms with Crippen LogP contribution in [0.25, 0.3) is 0 Å². The highest BCUT2D eigenvalue weighted by molar-refractivity contribution is 5.87. The van der Waals surface area contributed by atoms with Gasteiger partial charge in [-0.15, -0.1) is 0 Å². The van der Waals surface area contributed by atoms with Gasteiger partial charge in [-0.05, 0) is 51.4 Å². The van der Waals surface area contributed by atoms with Crippen LogP contribution >= 0.6 is 0 Å². The van der Waals surface area contributed by atoms with Gasteiger partial charge in [0.1, 0.15) is 5.75 Å². The third-order valence-corrected chi connectivity index (χ3v) is 3.18. The Balaban J connectivity index is 2.37. The second kappa shape index (κ2) is 8.59. The molecule has 4 heteroatoms. The monoisotopic (exact) mass is 279 g/mol. The zero-order chi connectivity index (χ0) is 15.0. The van der Waals surface area contributed by atoms with Gasteiger partial charge in [0.25, 0.3) is 0 Å². The summed E-state index contributed by atoms with van der Waals surface area (Å²) >= 11 is 0. The predicted octanol–water partition coefficient (Wildman–Crippen LogP) is 3.27. The minimum Gasteiger partial charge on any atom is -0.494 e. The zero-order valence-electron chi connectivity index (χ0n) is 12.6. The van der Waals surface area contributed by atoms with E-state index in [-0.39, 0.29) is 5.56 Å². The number of carboxylic acid groups (broad SMARTS) is 1. The molecule has 0 saturated heterocycles. The maximum absolute atomic E-state index is 10.9. The van der Waals surface area contributed by atoms with Crippen molar-refractivity contribution in [1.82, 2.24) is 4.90 Å². The van der Waals surface area contributed by atoms with Crippen molar-refractivity contribution in [2.45, 2.75) is 39.7 Å². The Kier molecular flexibility index (Phi) is 7.09. The normalized spacial score (nSPS) is 11.1. The summed E-state index contributed by atoms with van der Waals surface area (Å²) < 4.78 is 5.62. The van der Waals surface area contributed by atoms with Crippen LogP contribution in [0.2, 0.25) is 0 Å². The van der Waals surface area contributed by atoms with Crippen molar-refractivity contribution in [2.75, 3.05) is 19.7 Å². The zero-order valence-corrected chi connectivity index (χ0v) is 12.6. The molecule has 0 saturated carbocycles. The summed E-state index contributed by atoms with van der Waals surface area (Å²) in [5.41, 5.74) is 0.261. The summed E-state index contributed by atoms with van der Waals surface area (Å²) in [6.07, 6.45) is 2.09. The Bertz CT molecular complexity index is 418. The molecule has 1 aromatic carbocycles. The number of ether oxygens (including phenoxy) is 1. The maximum atomic E-state index is 10.9. The minimum absolute atomic E-state index is 0.261. The number of hydrogen-bond acceptors (Lipinski definition) is 3. The van der Waals surface area contributed by atoms with E-state index in [1.54, 1.807) is 24.3 Å². The van der Waals surface area contributed by atoms with Crippen molar-refractivity contribution < 1.29 is 14.6 Å². The van der Waals surface area contributed by atoms with Crippen molar-refractivity contribution in [3.05, 3.63) is 29.8 Å². The molecule has 20 heavy (non-hydrogen) atoms. The van der Waals surface area contributed by atoms with Gasteiger partial charge in [-0.25, -0.2) is 4.79 Å². The Morgan fingerprint density at radius 1 is 1.35 bits per heavy atom. The smallest absolute Gasteiger partial charge is 0.335 e. The summed E-state index contributed by atoms with van der Waals surface area (Å²) in [5, 5.41) is 8.91. The molecule has 112 valence electrons. The van der Waals surface area contributed by atoms with E-state index < -0.39 is 5.97 Å². The molecule has 0 heterocycles. The fourth-order valence-electron chi connectivity index (χ4n) is 2.09. The first-order chi connectivity index (χ1) is 9.54. The first-order valence-corrected chi connectivity index (χ1v) is 7.24. The minimum atomic E-state index is -0.927. The van der Waals surface area contributed by atoms with Crippen LogP contribution in [-0.4, -0.2) is 41.7 Å². The van der Waals surface area contributed by atoms with Gasteiger partial charge in [0, 0.05) is 12.6 Å². The number of nitrogens with zero attached hydrogens (tertiary/aromatic N) is 1. The summed E-state index contributed by atoms with van der Waals surface area (Å²) in [6, 6.07) is 7.17. The molecule has 0 atom stereocenters. The lowest BCUT2D eigenvalue weighted by Gasteiger charge is -2.25. The van der Waals surface area contributed by atoms with Crippen LogP contribution in [-0.2, 0) is 0 Å². The van der Waals surface area contributed by atoms with Gasteiger partial charge in [0.15, 0.2) is 0 Å². The Morgan fingerprint density at radius 2 is 2.10 bits per heavy atom. The van der Waals surface area contributed by atoms with E-state index in [1.165, 1.54) is 0 Å². The predicted molar refractivity (Wildman–Crippen MR) is 80.5 cm³/mol. The summed E-state index contributed by atoms with van der Waals surface area (Å²) in [4.78, 5) is 13.3. The van der Waals surface area contributed by atoms with Gasteiger partial charge in [0.2, 0.25) is 0 Å². The van der Waals surface area contributed by atoms with E-state index in [9.17, 15) is 4.79 Å². The van der Waals surface area contributed by atoms with Gasteiger partial charge < -0.3 is 14.7 Å². The molecular weight excluding hydrogens is 254 g/mol. The lowest BCUT2D eigenvalue weighted by atomic mass is 10.2. The summed E-state index contributed by atoms with van der Waals surface area (Å²) in [5.74, 6) is -0.305. The number of rotatable bonds is 9. The van der Waals surface area contributed by atoms with Crippen molar-refractivity contribution in [3.8, 4) is 5.75 Å². The second-order valence-corrected chi connectivity index (χ2v) is 5.16. The standard InChI is InChI=1S/C16H25NO3/c1-4-9-17(13(2)3)10-6-11-20-15-8-5-7-14(12-15)16(18)19/h5,7-8,12-13H,4,6,9-11H2,1-3H3,(H,18,19). The molecule has 0 aliphatic rings. The van der Waals surface area contributed by atoms with Crippen molar-refractivity contribution >= 4 is 5.97 Å². The molecule has 0 aliphatic heterocycles. The van der Waals surface area contributed by atoms with Crippen LogP contribution in [0.1, 0.15) is 44.0 Å². The van der Waals surface area contributed by atoms with Gasteiger partial charge in [-0.1, -0.05) is 13.0 Å². The molecule has 0 aromatic heterocycles. The summed E-state index contributed by atoms with van der Waals surface area (Å²) in [7, 11) is 0. The number of carboxylic acids is 1. The van der Waals surface area contributed by atoms with E-state index >= 15 is 0 Å². The highest BCUT2D eigenvalue weighted by Crippen LogP contribution is 2.13. The van der Waals surface area contributed by atoms with Gasteiger partial charge in [-0.3, -0.25) is 0 Å². The van der Waals surface area contributed by atoms with Crippen LogP contribution in [0.4, 0.5) is 0 Å². The highest BCUT2D eigenvalue weighted by Gasteiger charge is 2.08. The average molecular weight is 279 g/mol. The van der Waals surface area contributed by atoms with Gasteiger partial charge in [0.05, 0.1) is 12.2 Å². The fourth-order valence-corrected chi connectivity index (χ4v) is 2.09. The quantitative estimate of drug-likeness (QED) is 0.705. The first kappa shape index (κ1) is 16.5. The molecular formula is C16H25NO3. The van der Waals surface area contributed by atoms with Crippen LogP contribution in [0, 0.1) is 0 Å². The van der Waals surface area contributed by atoms with E-state index in [2.05, 4.69) is 25.7 Å². The van der Waals surface area contributed by atoms with E-state index in [0.717, 1.165) is 25.9 Å². The van der Waals surface area contributed by atoms with Crippen LogP contribution in [0.15, 0.2) is 24.3 Å². The van der Waals surface area contributed by atoms with Crippen LogP contribution in [0.3, 0.4) is 0 Å². The Morgan fingerprint density at radius 3 is 2.70 bits per heavy atom. The third-order valence-electron chi connectivity index (χ3n) is 3.18. The molecule has 1 rings (SSSR count). The fraction of sp³-hybridized carbons (Fsp3) is 0.562. The van der Waals surface area contributed by atoms with E-state index in [0.29, 0.717) is 18.4 Å². The maximum Gasteiger partial charge on any atom is 0.335 e. The van der Waals surface area contributed by atoms with E-state index in [4.69, 9.17) is 9.84 Å². The number of aromatic carboxylic acids is 1. The molecule has 1 N–H and O–H groups in total. The largest absolute Gasteiger partial charge is 0.494 e. The molecule has 0 radical (unpaired) electrons. The van der Waals surface area contributed by atoms with Crippen LogP contribution < -0.4 is 4.74 Å². The molecule has 0 fully saturated rings. The molecule has 0 spiro atoms. The Hall–Kier alpha value is -1.55. The number of benzene rings is 1. The molecule has 0 unspecified atom stereocenters. The third kappa shape index (κ3) is 5.61. The second-order valence-electron chi connectivity index (χ2n) is 5.16. The highest BCUT2D eigenvalue weighted by atomic mass is 16.5. The molecule has 0 aliphatic carbocycles. The molecule has 0 amide bonds. The number of carbonyl (C=O) groups is 1. The Labute approximate surface area is 121 Å². The first-order valence-electron chi connectivity index (χ1n) is 7.24. The van der Waals surface area contributed by atoms with Crippen molar-refractivity contribution in [1.29, 1.82) is 0 Å². The van der Waals surface area contributed by atoms with Crippen molar-refractivity contribution in [2.24, 2.45) is 0 Å². The molecule has 4 nitrogen and oxygen atoms in total. The van der Waals surface area contributed by atoms with Crippen molar-refractivity contribution in [3.63, 3.8) is 0 Å². The van der Waals surface area contributed by atoms with Crippen LogP contribution in [0.5, 0.6) is 5.75 Å². The topological polar surface area (TPSA) is 49.8 Å². The SMILES string of the molecule is CCCN(CCCOc1cccc(C(=O)O)c1)C(C)C. The lowest BCUT2D eigenvalue weighted by Crippen LogP contribution is -2.33. The number of hydrogen-bond donors (Lipinski definition) is 1. The molecule has 0 bridgehead atoms. The van der Waals surface area contributed by atoms with Gasteiger partial charge in [-0.2, -0.15) is 0 Å². The van der Waals surface area contributed by atoms with Gasteiger partial charge >= 0.3 is 5.97 Å². The average Bonchev–Trinajstić information content (AvgIpc) is 2.42. The lowest BCUT2D eigenvalue weighted by molar-refractivity contribution is 0.0696.